The van der Waals surface area contributed by atoms with Gasteiger partial charge in [0.15, 0.2) is 16.7 Å². The lowest BCUT2D eigenvalue weighted by atomic mass is 10.2. The van der Waals surface area contributed by atoms with E-state index in [9.17, 15) is 4.79 Å². The molecule has 0 bridgehead atoms. The molecule has 1 N–H and O–H groups in total. The molecular formula is C12H15N3O3S. The topological polar surface area (TPSA) is 65.4 Å². The third kappa shape index (κ3) is 2.21. The number of carbonyl (C=O) groups excluding carboxylic acids is 1. The Morgan fingerprint density at radius 1 is 1.32 bits per heavy atom. The van der Waals surface area contributed by atoms with E-state index >= 15 is 0 Å². The number of hydrogen-bond acceptors (Lipinski definition) is 5. The number of benzene rings is 1. The Kier molecular flexibility index (Phi) is 3.84. The van der Waals surface area contributed by atoms with Crippen molar-refractivity contribution >= 4 is 28.8 Å². The molecular weight excluding hydrogens is 266 g/mol. The number of hydrogen-bond donors (Lipinski definition) is 1. The van der Waals surface area contributed by atoms with Crippen LogP contribution in [0.4, 0.5) is 4.79 Å². The summed E-state index contributed by atoms with van der Waals surface area (Å²) in [5.74, 6) is 1.15. The third-order valence-electron chi connectivity index (χ3n) is 2.73. The first kappa shape index (κ1) is 13.5. The van der Waals surface area contributed by atoms with Gasteiger partial charge < -0.3 is 14.8 Å². The van der Waals surface area contributed by atoms with Crippen molar-refractivity contribution in [3.05, 3.63) is 12.1 Å². The van der Waals surface area contributed by atoms with E-state index in [1.807, 2.05) is 6.26 Å². The number of nitrogens with one attached hydrogen (secondary N) is 1. The molecule has 102 valence electrons. The molecule has 0 saturated heterocycles. The minimum Gasteiger partial charge on any atom is -0.493 e. The Bertz CT molecular complexity index is 624. The number of fused-ring (bicyclic) bond motifs is 1. The first-order valence-corrected chi connectivity index (χ1v) is 6.79. The summed E-state index contributed by atoms with van der Waals surface area (Å²) in [7, 11) is 4.70. The molecule has 0 aliphatic carbocycles. The Hall–Kier alpha value is -1.89. The Balaban J connectivity index is 2.75. The van der Waals surface area contributed by atoms with Gasteiger partial charge in [-0.25, -0.2) is 14.3 Å². The number of ether oxygens (including phenoxy) is 2. The lowest BCUT2D eigenvalue weighted by Crippen LogP contribution is -2.24. The van der Waals surface area contributed by atoms with Gasteiger partial charge in [-0.05, 0) is 6.26 Å². The van der Waals surface area contributed by atoms with E-state index in [4.69, 9.17) is 9.47 Å². The van der Waals surface area contributed by atoms with Gasteiger partial charge in [0, 0.05) is 19.2 Å². The zero-order valence-corrected chi connectivity index (χ0v) is 12.0. The van der Waals surface area contributed by atoms with Crippen LogP contribution in [-0.2, 0) is 0 Å². The summed E-state index contributed by atoms with van der Waals surface area (Å²) in [5.41, 5.74) is 1.37. The fourth-order valence-corrected chi connectivity index (χ4v) is 2.38. The normalized spacial score (nSPS) is 10.5. The second-order valence-corrected chi connectivity index (χ2v) is 4.46. The molecule has 2 aromatic rings. The predicted molar refractivity (Wildman–Crippen MR) is 74.5 cm³/mol. The summed E-state index contributed by atoms with van der Waals surface area (Å²) in [4.78, 5) is 16.4. The van der Waals surface area contributed by atoms with Crippen molar-refractivity contribution in [2.75, 3.05) is 27.5 Å². The molecule has 1 heterocycles. The first-order valence-electron chi connectivity index (χ1n) is 5.56. The van der Waals surface area contributed by atoms with E-state index in [0.717, 1.165) is 0 Å². The maximum Gasteiger partial charge on any atom is 0.327 e. The van der Waals surface area contributed by atoms with E-state index in [1.54, 1.807) is 33.4 Å². The third-order valence-corrected chi connectivity index (χ3v) is 3.37. The van der Waals surface area contributed by atoms with Gasteiger partial charge in [-0.1, -0.05) is 11.8 Å². The van der Waals surface area contributed by atoms with Crippen LogP contribution >= 0.6 is 11.8 Å². The number of aromatic nitrogens is 2. The lowest BCUT2D eigenvalue weighted by molar-refractivity contribution is 0.243. The fraction of sp³-hybridized carbons (Fsp3) is 0.333. The zero-order chi connectivity index (χ0) is 14.0. The van der Waals surface area contributed by atoms with Crippen molar-refractivity contribution in [3.63, 3.8) is 0 Å². The summed E-state index contributed by atoms with van der Waals surface area (Å²) >= 11 is 1.40. The average Bonchev–Trinajstić information content (AvgIpc) is 2.82. The summed E-state index contributed by atoms with van der Waals surface area (Å²) in [6, 6.07) is 3.27. The Labute approximate surface area is 115 Å². The molecule has 7 heteroatoms. The predicted octanol–water partition coefficient (Wildman–Crippen LogP) is 1.96. The quantitative estimate of drug-likeness (QED) is 0.871. The summed E-state index contributed by atoms with van der Waals surface area (Å²) < 4.78 is 12.0. The minimum absolute atomic E-state index is 0.237. The number of rotatable bonds is 3. The highest BCUT2D eigenvalue weighted by Gasteiger charge is 2.18. The molecule has 1 amide bonds. The van der Waals surface area contributed by atoms with Gasteiger partial charge in [-0.15, -0.1) is 0 Å². The van der Waals surface area contributed by atoms with Crippen LogP contribution in [0.15, 0.2) is 17.3 Å². The van der Waals surface area contributed by atoms with Gasteiger partial charge in [0.2, 0.25) is 0 Å². The highest BCUT2D eigenvalue weighted by atomic mass is 32.2. The van der Waals surface area contributed by atoms with Gasteiger partial charge in [0.05, 0.1) is 25.3 Å². The van der Waals surface area contributed by atoms with Crippen molar-refractivity contribution in [1.29, 1.82) is 0 Å². The Morgan fingerprint density at radius 3 is 2.47 bits per heavy atom. The minimum atomic E-state index is -0.237. The molecule has 0 saturated carbocycles. The summed E-state index contributed by atoms with van der Waals surface area (Å²) in [6.45, 7) is 0. The molecule has 19 heavy (non-hydrogen) atoms. The molecule has 0 spiro atoms. The standard InChI is InChI=1S/C12H15N3O3S/c1-13-11(16)15-8-6-10(18-3)9(17-2)5-7(8)14-12(15)19-4/h5-6H,1-4H3,(H,13,16). The molecule has 0 unspecified atom stereocenters. The zero-order valence-electron chi connectivity index (χ0n) is 11.2. The van der Waals surface area contributed by atoms with E-state index in [1.165, 1.54) is 16.3 Å². The molecule has 0 aliphatic rings. The van der Waals surface area contributed by atoms with Gasteiger partial charge >= 0.3 is 6.03 Å². The number of thioether (sulfide) groups is 1. The van der Waals surface area contributed by atoms with Crippen molar-refractivity contribution < 1.29 is 14.3 Å². The van der Waals surface area contributed by atoms with Crippen LogP contribution in [0, 0.1) is 0 Å². The van der Waals surface area contributed by atoms with Crippen molar-refractivity contribution in [2.45, 2.75) is 5.16 Å². The summed E-state index contributed by atoms with van der Waals surface area (Å²) in [5, 5.41) is 3.21. The van der Waals surface area contributed by atoms with E-state index in [2.05, 4.69) is 10.3 Å². The maximum absolute atomic E-state index is 11.9. The second kappa shape index (κ2) is 5.40. The van der Waals surface area contributed by atoms with Gasteiger partial charge in [-0.2, -0.15) is 0 Å². The van der Waals surface area contributed by atoms with Crippen LogP contribution in [0.2, 0.25) is 0 Å². The molecule has 0 radical (unpaired) electrons. The van der Waals surface area contributed by atoms with Crippen molar-refractivity contribution in [1.82, 2.24) is 14.9 Å². The number of amides is 1. The van der Waals surface area contributed by atoms with Gasteiger partial charge in [-0.3, -0.25) is 0 Å². The lowest BCUT2D eigenvalue weighted by Gasteiger charge is -2.08. The first-order chi connectivity index (χ1) is 9.15. The van der Waals surface area contributed by atoms with Crippen LogP contribution in [0.5, 0.6) is 11.5 Å². The van der Waals surface area contributed by atoms with Crippen LogP contribution < -0.4 is 14.8 Å². The summed E-state index contributed by atoms with van der Waals surface area (Å²) in [6.07, 6.45) is 1.87. The molecule has 6 nitrogen and oxygen atoms in total. The monoisotopic (exact) mass is 281 g/mol. The fourth-order valence-electron chi connectivity index (χ4n) is 1.83. The van der Waals surface area contributed by atoms with E-state index in [0.29, 0.717) is 27.7 Å². The molecule has 1 aromatic carbocycles. The Morgan fingerprint density at radius 2 is 1.95 bits per heavy atom. The number of carbonyl (C=O) groups is 1. The van der Waals surface area contributed by atoms with Crippen LogP contribution in [0.25, 0.3) is 11.0 Å². The van der Waals surface area contributed by atoms with Crippen LogP contribution in [0.1, 0.15) is 0 Å². The largest absolute Gasteiger partial charge is 0.493 e. The highest BCUT2D eigenvalue weighted by Crippen LogP contribution is 2.33. The molecule has 0 aliphatic heterocycles. The average molecular weight is 281 g/mol. The number of imidazole rings is 1. The highest BCUT2D eigenvalue weighted by molar-refractivity contribution is 7.98. The van der Waals surface area contributed by atoms with Crippen LogP contribution in [-0.4, -0.2) is 43.1 Å². The molecule has 1 aromatic heterocycles. The SMILES string of the molecule is CNC(=O)n1c(SC)nc2cc(OC)c(OC)cc21. The smallest absolute Gasteiger partial charge is 0.327 e. The van der Waals surface area contributed by atoms with Crippen LogP contribution in [0.3, 0.4) is 0 Å². The molecule has 0 atom stereocenters. The number of methoxy groups -OCH3 is 2. The molecule has 2 rings (SSSR count). The second-order valence-electron chi connectivity index (χ2n) is 3.68. The van der Waals surface area contributed by atoms with Crippen molar-refractivity contribution in [3.8, 4) is 11.5 Å². The maximum atomic E-state index is 11.9. The van der Waals surface area contributed by atoms with Gasteiger partial charge in [0.25, 0.3) is 0 Å². The van der Waals surface area contributed by atoms with Gasteiger partial charge in [0.1, 0.15) is 0 Å². The van der Waals surface area contributed by atoms with E-state index < -0.39 is 0 Å². The molecule has 0 fully saturated rings. The van der Waals surface area contributed by atoms with E-state index in [-0.39, 0.29) is 6.03 Å². The van der Waals surface area contributed by atoms with Crippen molar-refractivity contribution in [2.24, 2.45) is 0 Å². The number of nitrogens with zero attached hydrogens (tertiary/aromatic N) is 2.